The van der Waals surface area contributed by atoms with Crippen molar-refractivity contribution in [1.82, 2.24) is 4.98 Å². The van der Waals surface area contributed by atoms with Crippen molar-refractivity contribution in [2.75, 3.05) is 5.32 Å². The molecule has 0 amide bonds. The number of carboxylic acid groups (broad SMARTS) is 1. The van der Waals surface area contributed by atoms with Gasteiger partial charge in [-0.05, 0) is 62.0 Å². The fourth-order valence-electron chi connectivity index (χ4n) is 3.66. The molecule has 0 aromatic carbocycles. The number of aromatic carboxylic acids is 1. The van der Waals surface area contributed by atoms with E-state index in [0.717, 1.165) is 49.8 Å². The lowest BCUT2D eigenvalue weighted by atomic mass is 9.92. The topological polar surface area (TPSA) is 62.2 Å². The van der Waals surface area contributed by atoms with Crippen LogP contribution in [0.5, 0.6) is 0 Å². The maximum absolute atomic E-state index is 11.5. The second-order valence-electron chi connectivity index (χ2n) is 7.25. The third-order valence-corrected chi connectivity index (χ3v) is 4.84. The molecular formula is C17H24N2O2. The van der Waals surface area contributed by atoms with E-state index in [-0.39, 0.29) is 0 Å². The van der Waals surface area contributed by atoms with Crippen LogP contribution in [0.2, 0.25) is 0 Å². The number of anilines is 1. The standard InChI is InChI=1S/C17H24N2O2/c1-17(2)8-7-12(10-17)18-15-13(16(20)21)9-11-5-3-4-6-14(11)19-15/h9,12H,3-8,10H2,1-2H3,(H,18,19)(H,20,21). The molecule has 1 fully saturated rings. The van der Waals surface area contributed by atoms with Crippen LogP contribution in [0.3, 0.4) is 0 Å². The summed E-state index contributed by atoms with van der Waals surface area (Å²) in [5.41, 5.74) is 2.89. The molecule has 21 heavy (non-hydrogen) atoms. The van der Waals surface area contributed by atoms with Gasteiger partial charge in [0.25, 0.3) is 0 Å². The van der Waals surface area contributed by atoms with Crippen LogP contribution in [0.15, 0.2) is 6.07 Å². The number of pyridine rings is 1. The number of aryl methyl sites for hydroxylation is 2. The number of carboxylic acids is 1. The molecule has 1 heterocycles. The lowest BCUT2D eigenvalue weighted by Gasteiger charge is -2.21. The molecular weight excluding hydrogens is 264 g/mol. The van der Waals surface area contributed by atoms with E-state index in [1.165, 1.54) is 6.42 Å². The van der Waals surface area contributed by atoms with Crippen molar-refractivity contribution in [3.8, 4) is 0 Å². The van der Waals surface area contributed by atoms with E-state index in [1.54, 1.807) is 0 Å². The fourth-order valence-corrected chi connectivity index (χ4v) is 3.66. The Morgan fingerprint density at radius 3 is 2.81 bits per heavy atom. The van der Waals surface area contributed by atoms with E-state index >= 15 is 0 Å². The molecule has 3 rings (SSSR count). The molecule has 0 radical (unpaired) electrons. The second-order valence-corrected chi connectivity index (χ2v) is 7.25. The van der Waals surface area contributed by atoms with E-state index < -0.39 is 5.97 Å². The predicted molar refractivity (Wildman–Crippen MR) is 82.9 cm³/mol. The first-order chi connectivity index (χ1) is 9.94. The van der Waals surface area contributed by atoms with Gasteiger partial charge in [0.05, 0.1) is 0 Å². The Morgan fingerprint density at radius 2 is 2.14 bits per heavy atom. The Kier molecular flexibility index (Phi) is 3.64. The molecule has 1 aromatic heterocycles. The van der Waals surface area contributed by atoms with Crippen molar-refractivity contribution < 1.29 is 9.90 Å². The number of hydrogen-bond donors (Lipinski definition) is 2. The molecule has 0 aliphatic heterocycles. The average Bonchev–Trinajstić information content (AvgIpc) is 2.77. The van der Waals surface area contributed by atoms with E-state index in [9.17, 15) is 9.90 Å². The molecule has 0 spiro atoms. The number of nitrogens with one attached hydrogen (secondary N) is 1. The maximum atomic E-state index is 11.5. The third-order valence-electron chi connectivity index (χ3n) is 4.84. The van der Waals surface area contributed by atoms with Crippen LogP contribution in [0, 0.1) is 5.41 Å². The molecule has 1 atom stereocenters. The number of aromatic nitrogens is 1. The Morgan fingerprint density at radius 1 is 1.38 bits per heavy atom. The highest BCUT2D eigenvalue weighted by Gasteiger charge is 2.32. The number of carbonyl (C=O) groups is 1. The minimum absolute atomic E-state index is 0.334. The van der Waals surface area contributed by atoms with Crippen molar-refractivity contribution in [2.45, 2.75) is 64.8 Å². The summed E-state index contributed by atoms with van der Waals surface area (Å²) in [7, 11) is 0. The molecule has 2 N–H and O–H groups in total. The van der Waals surface area contributed by atoms with Gasteiger partial charge in [0.2, 0.25) is 0 Å². The lowest BCUT2D eigenvalue weighted by Crippen LogP contribution is -2.22. The van der Waals surface area contributed by atoms with E-state index in [1.807, 2.05) is 6.07 Å². The summed E-state index contributed by atoms with van der Waals surface area (Å²) in [5, 5.41) is 12.9. The van der Waals surface area contributed by atoms with Crippen molar-refractivity contribution >= 4 is 11.8 Å². The van der Waals surface area contributed by atoms with Crippen LogP contribution in [-0.4, -0.2) is 22.1 Å². The van der Waals surface area contributed by atoms with Gasteiger partial charge in [-0.25, -0.2) is 9.78 Å². The number of hydrogen-bond acceptors (Lipinski definition) is 3. The molecule has 1 unspecified atom stereocenters. The lowest BCUT2D eigenvalue weighted by molar-refractivity contribution is 0.0697. The van der Waals surface area contributed by atoms with E-state index in [2.05, 4.69) is 24.1 Å². The summed E-state index contributed by atoms with van der Waals surface area (Å²) in [6, 6.07) is 2.18. The first-order valence-corrected chi connectivity index (χ1v) is 7.97. The zero-order valence-corrected chi connectivity index (χ0v) is 12.9. The summed E-state index contributed by atoms with van der Waals surface area (Å²) >= 11 is 0. The Bertz CT molecular complexity index is 566. The van der Waals surface area contributed by atoms with Crippen LogP contribution in [0.4, 0.5) is 5.82 Å². The van der Waals surface area contributed by atoms with Gasteiger partial charge in [-0.2, -0.15) is 0 Å². The maximum Gasteiger partial charge on any atom is 0.339 e. The first kappa shape index (κ1) is 14.4. The Hall–Kier alpha value is -1.58. The van der Waals surface area contributed by atoms with Crippen LogP contribution in [-0.2, 0) is 12.8 Å². The Balaban J connectivity index is 1.88. The molecule has 4 heteroatoms. The predicted octanol–water partition coefficient (Wildman–Crippen LogP) is 3.65. The average molecular weight is 288 g/mol. The smallest absolute Gasteiger partial charge is 0.339 e. The molecule has 1 aromatic rings. The van der Waals surface area contributed by atoms with Gasteiger partial charge < -0.3 is 10.4 Å². The number of rotatable bonds is 3. The summed E-state index contributed by atoms with van der Waals surface area (Å²) in [6.07, 6.45) is 7.56. The molecule has 4 nitrogen and oxygen atoms in total. The van der Waals surface area contributed by atoms with Gasteiger partial charge in [0.1, 0.15) is 11.4 Å². The minimum atomic E-state index is -0.879. The number of fused-ring (bicyclic) bond motifs is 1. The second kappa shape index (κ2) is 5.32. The van der Waals surface area contributed by atoms with Crippen LogP contribution < -0.4 is 5.32 Å². The molecule has 2 aliphatic rings. The highest BCUT2D eigenvalue weighted by molar-refractivity contribution is 5.93. The van der Waals surface area contributed by atoms with E-state index in [0.29, 0.717) is 22.8 Å². The van der Waals surface area contributed by atoms with Crippen LogP contribution >= 0.6 is 0 Å². The quantitative estimate of drug-likeness (QED) is 0.891. The summed E-state index contributed by atoms with van der Waals surface area (Å²) in [6.45, 7) is 4.54. The molecule has 0 saturated heterocycles. The normalized spacial score (nSPS) is 23.6. The number of nitrogens with zero attached hydrogens (tertiary/aromatic N) is 1. The largest absolute Gasteiger partial charge is 0.478 e. The van der Waals surface area contributed by atoms with Crippen molar-refractivity contribution in [3.05, 3.63) is 22.9 Å². The van der Waals surface area contributed by atoms with Gasteiger partial charge in [0, 0.05) is 11.7 Å². The third kappa shape index (κ3) is 3.04. The summed E-state index contributed by atoms with van der Waals surface area (Å²) in [5.74, 6) is -0.304. The highest BCUT2D eigenvalue weighted by atomic mass is 16.4. The Labute approximate surface area is 126 Å². The molecule has 2 aliphatic carbocycles. The zero-order chi connectivity index (χ0) is 15.0. The van der Waals surface area contributed by atoms with Gasteiger partial charge in [-0.3, -0.25) is 0 Å². The van der Waals surface area contributed by atoms with E-state index in [4.69, 9.17) is 0 Å². The van der Waals surface area contributed by atoms with Gasteiger partial charge in [-0.15, -0.1) is 0 Å². The van der Waals surface area contributed by atoms with Gasteiger partial charge in [-0.1, -0.05) is 13.8 Å². The van der Waals surface area contributed by atoms with Crippen molar-refractivity contribution in [1.29, 1.82) is 0 Å². The highest BCUT2D eigenvalue weighted by Crippen LogP contribution is 2.38. The van der Waals surface area contributed by atoms with Crippen LogP contribution in [0.25, 0.3) is 0 Å². The van der Waals surface area contributed by atoms with Gasteiger partial charge in [0.15, 0.2) is 0 Å². The minimum Gasteiger partial charge on any atom is -0.478 e. The van der Waals surface area contributed by atoms with Crippen molar-refractivity contribution in [3.63, 3.8) is 0 Å². The fraction of sp³-hybridized carbons (Fsp3) is 0.647. The molecule has 114 valence electrons. The SMILES string of the molecule is CC1(C)CCC(Nc2nc3c(cc2C(=O)O)CCCC3)C1. The van der Waals surface area contributed by atoms with Crippen molar-refractivity contribution in [2.24, 2.45) is 5.41 Å². The summed E-state index contributed by atoms with van der Waals surface area (Å²) < 4.78 is 0. The molecule has 0 bridgehead atoms. The first-order valence-electron chi connectivity index (χ1n) is 7.97. The van der Waals surface area contributed by atoms with Crippen LogP contribution in [0.1, 0.15) is 67.6 Å². The zero-order valence-electron chi connectivity index (χ0n) is 12.9. The monoisotopic (exact) mass is 288 g/mol. The molecule has 1 saturated carbocycles. The van der Waals surface area contributed by atoms with Gasteiger partial charge >= 0.3 is 5.97 Å². The summed E-state index contributed by atoms with van der Waals surface area (Å²) in [4.78, 5) is 16.2.